The second-order valence-corrected chi connectivity index (χ2v) is 3.98. The third-order valence-corrected chi connectivity index (χ3v) is 3.43. The highest BCUT2D eigenvalue weighted by atomic mass is 14.9. The van der Waals surface area contributed by atoms with E-state index in [9.17, 15) is 0 Å². The first-order chi connectivity index (χ1) is 5.73. The van der Waals surface area contributed by atoms with Crippen LogP contribution in [0.1, 0.15) is 39.5 Å². The maximum atomic E-state index is 6.33. The van der Waals surface area contributed by atoms with E-state index in [-0.39, 0.29) is 5.54 Å². The Morgan fingerprint density at radius 3 is 2.50 bits per heavy atom. The summed E-state index contributed by atoms with van der Waals surface area (Å²) in [5.41, 5.74) is 6.42. The lowest BCUT2D eigenvalue weighted by atomic mass is 9.76. The molecule has 1 aliphatic rings. The normalized spacial score (nSPS) is 25.8. The van der Waals surface area contributed by atoms with Crippen molar-refractivity contribution in [3.8, 4) is 0 Å². The van der Waals surface area contributed by atoms with E-state index in [1.54, 1.807) is 0 Å². The Morgan fingerprint density at radius 1 is 1.42 bits per heavy atom. The molecule has 1 aliphatic heterocycles. The second kappa shape index (κ2) is 4.24. The van der Waals surface area contributed by atoms with Crippen molar-refractivity contribution in [2.24, 2.45) is 11.7 Å². The van der Waals surface area contributed by atoms with E-state index in [2.05, 4.69) is 19.2 Å². The molecule has 1 fully saturated rings. The van der Waals surface area contributed by atoms with Gasteiger partial charge >= 0.3 is 0 Å². The van der Waals surface area contributed by atoms with Crippen LogP contribution in [0.25, 0.3) is 0 Å². The molecule has 0 radical (unpaired) electrons. The van der Waals surface area contributed by atoms with Crippen LogP contribution in [0.2, 0.25) is 0 Å². The van der Waals surface area contributed by atoms with Crippen LogP contribution in [-0.2, 0) is 0 Å². The molecule has 0 aromatic carbocycles. The molecule has 1 saturated heterocycles. The molecular formula is C10H22N2. The summed E-state index contributed by atoms with van der Waals surface area (Å²) >= 11 is 0. The molecule has 0 bridgehead atoms. The zero-order valence-corrected chi connectivity index (χ0v) is 8.40. The minimum Gasteiger partial charge on any atom is -0.325 e. The topological polar surface area (TPSA) is 38.0 Å². The number of rotatable bonds is 3. The molecular weight excluding hydrogens is 148 g/mol. The van der Waals surface area contributed by atoms with Gasteiger partial charge in [0.15, 0.2) is 0 Å². The van der Waals surface area contributed by atoms with Gasteiger partial charge in [0.25, 0.3) is 0 Å². The van der Waals surface area contributed by atoms with Crippen LogP contribution in [0.15, 0.2) is 0 Å². The van der Waals surface area contributed by atoms with Gasteiger partial charge in [-0.15, -0.1) is 0 Å². The van der Waals surface area contributed by atoms with Gasteiger partial charge in [-0.3, -0.25) is 0 Å². The molecule has 0 aromatic heterocycles. The number of hydrogen-bond acceptors (Lipinski definition) is 2. The largest absolute Gasteiger partial charge is 0.325 e. The number of piperidine rings is 1. The van der Waals surface area contributed by atoms with Gasteiger partial charge in [-0.1, -0.05) is 13.8 Å². The Hall–Kier alpha value is -0.0800. The van der Waals surface area contributed by atoms with Crippen molar-refractivity contribution in [1.82, 2.24) is 5.32 Å². The highest BCUT2D eigenvalue weighted by Gasteiger charge is 2.31. The fraction of sp³-hybridized carbons (Fsp3) is 1.00. The summed E-state index contributed by atoms with van der Waals surface area (Å²) in [6.07, 6.45) is 4.82. The lowest BCUT2D eigenvalue weighted by molar-refractivity contribution is 0.206. The standard InChI is InChI=1S/C10H22N2/c1-3-10(11,4-2)9-6-5-7-12-8-9/h9,12H,3-8,11H2,1-2H3. The van der Waals surface area contributed by atoms with Crippen molar-refractivity contribution in [3.63, 3.8) is 0 Å². The van der Waals surface area contributed by atoms with Gasteiger partial charge in [-0.25, -0.2) is 0 Å². The Bertz CT molecular complexity index is 124. The van der Waals surface area contributed by atoms with Gasteiger partial charge in [0.1, 0.15) is 0 Å². The maximum absolute atomic E-state index is 6.33. The average molecular weight is 170 g/mol. The van der Waals surface area contributed by atoms with E-state index >= 15 is 0 Å². The molecule has 72 valence electrons. The van der Waals surface area contributed by atoms with Crippen LogP contribution < -0.4 is 11.1 Å². The third-order valence-electron chi connectivity index (χ3n) is 3.43. The van der Waals surface area contributed by atoms with Crippen LogP contribution in [-0.4, -0.2) is 18.6 Å². The number of nitrogens with one attached hydrogen (secondary N) is 1. The lowest BCUT2D eigenvalue weighted by Crippen LogP contribution is -2.51. The molecule has 0 aromatic rings. The van der Waals surface area contributed by atoms with Crippen LogP contribution in [0.4, 0.5) is 0 Å². The van der Waals surface area contributed by atoms with E-state index < -0.39 is 0 Å². The van der Waals surface area contributed by atoms with E-state index in [0.29, 0.717) is 5.92 Å². The van der Waals surface area contributed by atoms with Crippen molar-refractivity contribution in [2.75, 3.05) is 13.1 Å². The average Bonchev–Trinajstić information content (AvgIpc) is 2.18. The molecule has 1 unspecified atom stereocenters. The molecule has 0 saturated carbocycles. The molecule has 3 N–H and O–H groups in total. The highest BCUT2D eigenvalue weighted by Crippen LogP contribution is 2.27. The van der Waals surface area contributed by atoms with Gasteiger partial charge < -0.3 is 11.1 Å². The predicted molar refractivity (Wildman–Crippen MR) is 53.1 cm³/mol. The van der Waals surface area contributed by atoms with E-state index in [0.717, 1.165) is 19.4 Å². The van der Waals surface area contributed by atoms with Gasteiger partial charge in [0.05, 0.1) is 0 Å². The third kappa shape index (κ3) is 1.99. The minimum absolute atomic E-state index is 0.0907. The molecule has 1 rings (SSSR count). The first kappa shape index (κ1) is 10.0. The maximum Gasteiger partial charge on any atom is 0.0189 e. The summed E-state index contributed by atoms with van der Waals surface area (Å²) in [6, 6.07) is 0. The zero-order valence-electron chi connectivity index (χ0n) is 8.40. The fourth-order valence-corrected chi connectivity index (χ4v) is 2.17. The van der Waals surface area contributed by atoms with Crippen molar-refractivity contribution in [2.45, 2.75) is 45.1 Å². The molecule has 1 heterocycles. The Balaban J connectivity index is 2.51. The monoisotopic (exact) mass is 170 g/mol. The first-order valence-electron chi connectivity index (χ1n) is 5.22. The second-order valence-electron chi connectivity index (χ2n) is 3.98. The Morgan fingerprint density at radius 2 is 2.08 bits per heavy atom. The first-order valence-corrected chi connectivity index (χ1v) is 5.22. The van der Waals surface area contributed by atoms with Crippen molar-refractivity contribution < 1.29 is 0 Å². The predicted octanol–water partition coefficient (Wildman–Crippen LogP) is 1.50. The Labute approximate surface area is 75.9 Å². The molecule has 2 nitrogen and oxygen atoms in total. The van der Waals surface area contributed by atoms with Crippen LogP contribution in [0, 0.1) is 5.92 Å². The van der Waals surface area contributed by atoms with E-state index in [4.69, 9.17) is 5.73 Å². The number of nitrogens with two attached hydrogens (primary N) is 1. The van der Waals surface area contributed by atoms with Crippen LogP contribution in [0.5, 0.6) is 0 Å². The molecule has 2 heteroatoms. The van der Waals surface area contributed by atoms with Crippen LogP contribution in [0.3, 0.4) is 0 Å². The summed E-state index contributed by atoms with van der Waals surface area (Å²) in [5.74, 6) is 0.696. The van der Waals surface area contributed by atoms with Crippen molar-refractivity contribution in [3.05, 3.63) is 0 Å². The molecule has 1 atom stereocenters. The van der Waals surface area contributed by atoms with Gasteiger partial charge in [0.2, 0.25) is 0 Å². The van der Waals surface area contributed by atoms with Crippen LogP contribution >= 0.6 is 0 Å². The summed E-state index contributed by atoms with van der Waals surface area (Å²) in [7, 11) is 0. The molecule has 0 spiro atoms. The van der Waals surface area contributed by atoms with Gasteiger partial charge in [0, 0.05) is 5.54 Å². The van der Waals surface area contributed by atoms with Gasteiger partial charge in [-0.2, -0.15) is 0 Å². The summed E-state index contributed by atoms with van der Waals surface area (Å²) in [6.45, 7) is 6.72. The zero-order chi connectivity index (χ0) is 9.03. The smallest absolute Gasteiger partial charge is 0.0189 e. The molecule has 0 aliphatic carbocycles. The molecule has 12 heavy (non-hydrogen) atoms. The Kier molecular flexibility index (Phi) is 3.53. The van der Waals surface area contributed by atoms with E-state index in [1.165, 1.54) is 19.4 Å². The summed E-state index contributed by atoms with van der Waals surface area (Å²) in [5, 5.41) is 3.43. The summed E-state index contributed by atoms with van der Waals surface area (Å²) in [4.78, 5) is 0. The fourth-order valence-electron chi connectivity index (χ4n) is 2.17. The minimum atomic E-state index is 0.0907. The lowest BCUT2D eigenvalue weighted by Gasteiger charge is -2.38. The molecule has 0 amide bonds. The summed E-state index contributed by atoms with van der Waals surface area (Å²) < 4.78 is 0. The SMILES string of the molecule is CCC(N)(CC)C1CCCNC1. The number of hydrogen-bond donors (Lipinski definition) is 2. The van der Waals surface area contributed by atoms with Crippen molar-refractivity contribution >= 4 is 0 Å². The van der Waals surface area contributed by atoms with Crippen molar-refractivity contribution in [1.29, 1.82) is 0 Å². The highest BCUT2D eigenvalue weighted by molar-refractivity contribution is 4.91. The quantitative estimate of drug-likeness (QED) is 0.673. The van der Waals surface area contributed by atoms with E-state index in [1.807, 2.05) is 0 Å². The van der Waals surface area contributed by atoms with Gasteiger partial charge in [-0.05, 0) is 44.7 Å².